The third-order valence-corrected chi connectivity index (χ3v) is 9.47. The Morgan fingerprint density at radius 2 is 1.92 bits per heavy atom. The maximum Gasteiger partial charge on any atom is 0.331 e. The SMILES string of the molecule is Cc1csc(-c2c3c(=O)n(C)c(=O)n(C)c3c3n2C[C@@H](CNC(=O)c2ccccc2)S[C@H]3c2ccc(Cl)o2)n1. The monoisotopic (exact) mass is 581 g/mol. The molecule has 0 bridgehead atoms. The average molecular weight is 582 g/mol. The van der Waals surface area contributed by atoms with Gasteiger partial charge in [-0.25, -0.2) is 9.78 Å². The molecule has 0 aliphatic carbocycles. The van der Waals surface area contributed by atoms with E-state index in [2.05, 4.69) is 9.88 Å². The quantitative estimate of drug-likeness (QED) is 0.331. The summed E-state index contributed by atoms with van der Waals surface area (Å²) in [5.74, 6) is 0.434. The molecule has 2 atom stereocenters. The second-order valence-electron chi connectivity index (χ2n) is 9.42. The maximum atomic E-state index is 13.6. The number of thiazole rings is 1. The van der Waals surface area contributed by atoms with E-state index in [4.69, 9.17) is 21.0 Å². The van der Waals surface area contributed by atoms with Gasteiger partial charge < -0.3 is 14.3 Å². The Balaban J connectivity index is 1.55. The lowest BCUT2D eigenvalue weighted by Crippen LogP contribution is -2.37. The minimum Gasteiger partial charge on any atom is -0.448 e. The second kappa shape index (κ2) is 9.89. The normalized spacial score (nSPS) is 16.9. The van der Waals surface area contributed by atoms with Gasteiger partial charge in [0.25, 0.3) is 11.5 Å². The second-order valence-corrected chi connectivity index (χ2v) is 12.1. The van der Waals surface area contributed by atoms with Crippen LogP contribution in [0.15, 0.2) is 61.9 Å². The van der Waals surface area contributed by atoms with Gasteiger partial charge in [0, 0.05) is 49.1 Å². The lowest BCUT2D eigenvalue weighted by molar-refractivity contribution is 0.0953. The summed E-state index contributed by atoms with van der Waals surface area (Å²) in [4.78, 5) is 44.2. The lowest BCUT2D eigenvalue weighted by Gasteiger charge is -2.31. The molecule has 0 fully saturated rings. The number of hydrogen-bond donors (Lipinski definition) is 1. The summed E-state index contributed by atoms with van der Waals surface area (Å²) in [7, 11) is 3.16. The van der Waals surface area contributed by atoms with Crippen LogP contribution in [0.2, 0.25) is 5.22 Å². The standard InChI is InChI=1S/C27H24ClN5O4S2/c1-14-13-38-25(30-14)21-19-20(31(2)27(36)32(3)26(19)35)22-23(17-9-10-18(28)37-17)39-16(12-33(21)22)11-29-24(34)15-7-5-4-6-8-15/h4-10,13,16,23H,11-12H2,1-3H3,(H,29,34)/t16-,23+/m1/s1. The van der Waals surface area contributed by atoms with Crippen LogP contribution in [0.1, 0.15) is 32.8 Å². The Hall–Kier alpha value is -3.54. The predicted molar refractivity (Wildman–Crippen MR) is 154 cm³/mol. The van der Waals surface area contributed by atoms with Crippen LogP contribution in [0, 0.1) is 6.92 Å². The van der Waals surface area contributed by atoms with E-state index in [1.54, 1.807) is 43.1 Å². The minimum atomic E-state index is -0.416. The number of fused-ring (bicyclic) bond motifs is 3. The summed E-state index contributed by atoms with van der Waals surface area (Å²) in [5, 5.41) is 5.88. The Labute approximate surface area is 236 Å². The van der Waals surface area contributed by atoms with Crippen molar-refractivity contribution in [3.8, 4) is 10.7 Å². The number of amides is 1. The highest BCUT2D eigenvalue weighted by Gasteiger charge is 2.38. The zero-order valence-corrected chi connectivity index (χ0v) is 23.7. The van der Waals surface area contributed by atoms with Crippen molar-refractivity contribution in [2.45, 2.75) is 24.0 Å². The molecule has 0 spiro atoms. The molecule has 6 rings (SSSR count). The molecule has 4 aromatic heterocycles. The smallest absolute Gasteiger partial charge is 0.331 e. The molecule has 1 aliphatic heterocycles. The van der Waals surface area contributed by atoms with Crippen LogP contribution in [-0.4, -0.2) is 36.4 Å². The van der Waals surface area contributed by atoms with Crippen LogP contribution in [0.3, 0.4) is 0 Å². The number of rotatable bonds is 5. The largest absolute Gasteiger partial charge is 0.448 e. The Kier molecular flexibility index (Phi) is 6.52. The average Bonchev–Trinajstić information content (AvgIpc) is 3.66. The number of nitrogens with one attached hydrogen (secondary N) is 1. The van der Waals surface area contributed by atoms with Crippen LogP contribution >= 0.6 is 34.7 Å². The van der Waals surface area contributed by atoms with E-state index >= 15 is 0 Å². The van der Waals surface area contributed by atoms with Gasteiger partial charge in [-0.1, -0.05) is 18.2 Å². The summed E-state index contributed by atoms with van der Waals surface area (Å²) in [6.07, 6.45) is 0. The first-order chi connectivity index (χ1) is 18.7. The first-order valence-electron chi connectivity index (χ1n) is 12.2. The fourth-order valence-corrected chi connectivity index (χ4v) is 7.50. The van der Waals surface area contributed by atoms with Crippen LogP contribution in [0.25, 0.3) is 21.6 Å². The molecule has 5 aromatic rings. The number of aryl methyl sites for hydroxylation is 2. The fraction of sp³-hybridized carbons (Fsp3) is 0.259. The van der Waals surface area contributed by atoms with Crippen molar-refractivity contribution in [3.63, 3.8) is 0 Å². The Bertz CT molecular complexity index is 1850. The van der Waals surface area contributed by atoms with Crippen molar-refractivity contribution in [3.05, 3.63) is 96.6 Å². The highest BCUT2D eigenvalue weighted by atomic mass is 35.5. The van der Waals surface area contributed by atoms with Gasteiger partial charge in [0.1, 0.15) is 16.0 Å². The number of nitrogens with zero attached hydrogens (tertiary/aromatic N) is 4. The van der Waals surface area contributed by atoms with Crippen molar-refractivity contribution in [2.24, 2.45) is 14.1 Å². The Morgan fingerprint density at radius 3 is 2.59 bits per heavy atom. The van der Waals surface area contributed by atoms with Crippen molar-refractivity contribution >= 4 is 51.5 Å². The molecule has 1 N–H and O–H groups in total. The number of furan rings is 1. The molecule has 0 saturated heterocycles. The summed E-state index contributed by atoms with van der Waals surface area (Å²) in [6.45, 7) is 2.77. The van der Waals surface area contributed by atoms with E-state index in [1.807, 2.05) is 30.5 Å². The lowest BCUT2D eigenvalue weighted by atomic mass is 10.2. The van der Waals surface area contributed by atoms with Gasteiger partial charge in [-0.3, -0.25) is 18.7 Å². The molecule has 5 heterocycles. The number of benzene rings is 1. The summed E-state index contributed by atoms with van der Waals surface area (Å²) in [6, 6.07) is 12.5. The molecule has 9 nitrogen and oxygen atoms in total. The summed E-state index contributed by atoms with van der Waals surface area (Å²) >= 11 is 9.23. The van der Waals surface area contributed by atoms with E-state index < -0.39 is 5.69 Å². The highest BCUT2D eigenvalue weighted by molar-refractivity contribution is 8.00. The van der Waals surface area contributed by atoms with E-state index in [0.717, 1.165) is 16.0 Å². The molecule has 1 aliphatic rings. The third kappa shape index (κ3) is 4.34. The Morgan fingerprint density at radius 1 is 1.15 bits per heavy atom. The van der Waals surface area contributed by atoms with Gasteiger partial charge in [0.15, 0.2) is 5.22 Å². The summed E-state index contributed by atoms with van der Waals surface area (Å²) < 4.78 is 10.6. The van der Waals surface area contributed by atoms with Gasteiger partial charge in [0.2, 0.25) is 0 Å². The van der Waals surface area contributed by atoms with Crippen molar-refractivity contribution < 1.29 is 9.21 Å². The maximum absolute atomic E-state index is 13.6. The van der Waals surface area contributed by atoms with Gasteiger partial charge in [-0.2, -0.15) is 0 Å². The highest BCUT2D eigenvalue weighted by Crippen LogP contribution is 2.49. The van der Waals surface area contributed by atoms with Crippen LogP contribution < -0.4 is 16.6 Å². The summed E-state index contributed by atoms with van der Waals surface area (Å²) in [5.41, 5.74) is 2.60. The third-order valence-electron chi connectivity index (χ3n) is 6.87. The molecule has 0 saturated carbocycles. The zero-order chi connectivity index (χ0) is 27.4. The van der Waals surface area contributed by atoms with E-state index in [1.165, 1.54) is 23.0 Å². The van der Waals surface area contributed by atoms with E-state index in [0.29, 0.717) is 46.0 Å². The van der Waals surface area contributed by atoms with Crippen molar-refractivity contribution in [1.29, 1.82) is 0 Å². The number of halogens is 1. The molecule has 39 heavy (non-hydrogen) atoms. The van der Waals surface area contributed by atoms with Crippen molar-refractivity contribution in [2.75, 3.05) is 6.54 Å². The molecule has 1 amide bonds. The minimum absolute atomic E-state index is 0.0819. The number of carbonyl (C=O) groups excluding carboxylic acids is 1. The molecule has 1 aromatic carbocycles. The molecule has 0 unspecified atom stereocenters. The van der Waals surface area contributed by atoms with Crippen molar-refractivity contribution in [1.82, 2.24) is 24.0 Å². The van der Waals surface area contributed by atoms with Crippen LogP contribution in [-0.2, 0) is 20.6 Å². The van der Waals surface area contributed by atoms with Gasteiger partial charge in [-0.05, 0) is 42.8 Å². The number of hydrogen-bond acceptors (Lipinski definition) is 7. The topological polar surface area (TPSA) is 104 Å². The fourth-order valence-electron chi connectivity index (χ4n) is 5.07. The first kappa shape index (κ1) is 25.7. The van der Waals surface area contributed by atoms with E-state index in [9.17, 15) is 14.4 Å². The van der Waals surface area contributed by atoms with Gasteiger partial charge in [0.05, 0.1) is 22.3 Å². The molecular weight excluding hydrogens is 558 g/mol. The number of aromatic nitrogens is 4. The number of thioether (sulfide) groups is 1. The first-order valence-corrected chi connectivity index (χ1v) is 14.4. The van der Waals surface area contributed by atoms with Gasteiger partial charge in [-0.15, -0.1) is 23.1 Å². The molecule has 200 valence electrons. The van der Waals surface area contributed by atoms with Crippen LogP contribution in [0.5, 0.6) is 0 Å². The molecule has 0 radical (unpaired) electrons. The van der Waals surface area contributed by atoms with Gasteiger partial charge >= 0.3 is 5.69 Å². The molecule has 12 heteroatoms. The molecular formula is C27H24ClN5O4S2. The van der Waals surface area contributed by atoms with E-state index in [-0.39, 0.29) is 27.2 Å². The zero-order valence-electron chi connectivity index (χ0n) is 21.3. The van der Waals surface area contributed by atoms with Crippen LogP contribution in [0.4, 0.5) is 0 Å². The predicted octanol–water partition coefficient (Wildman–Crippen LogP) is 4.35. The number of carbonyl (C=O) groups is 1.